The molecule has 2 aliphatic rings. The zero-order valence-electron chi connectivity index (χ0n) is 15.7. The molecule has 0 bridgehead atoms. The van der Waals surface area contributed by atoms with Crippen LogP contribution in [0, 0.1) is 5.92 Å². The van der Waals surface area contributed by atoms with Gasteiger partial charge >= 0.3 is 6.03 Å². The van der Waals surface area contributed by atoms with Crippen molar-refractivity contribution in [3.05, 3.63) is 35.9 Å². The van der Waals surface area contributed by atoms with Crippen molar-refractivity contribution in [1.82, 2.24) is 15.1 Å². The van der Waals surface area contributed by atoms with Gasteiger partial charge in [0, 0.05) is 59.6 Å². The number of nitrogens with one attached hydrogen (secondary N) is 1. The zero-order valence-corrected chi connectivity index (χ0v) is 15.7. The number of nitrogens with zero attached hydrogens (tertiary/aromatic N) is 2. The molecule has 0 spiro atoms. The number of methoxy groups -OCH3 is 1. The molecule has 6 nitrogen and oxygen atoms in total. The predicted molar refractivity (Wildman–Crippen MR) is 101 cm³/mol. The SMILES string of the molecule is COC(CNC(=O)N1CCN(CC2CCOCC2)CC1)c1ccccc1. The van der Waals surface area contributed by atoms with Gasteiger partial charge in [0.15, 0.2) is 0 Å². The molecule has 2 saturated heterocycles. The lowest BCUT2D eigenvalue weighted by atomic mass is 9.99. The molecule has 1 aromatic rings. The Hall–Kier alpha value is -1.63. The van der Waals surface area contributed by atoms with Gasteiger partial charge in [-0.05, 0) is 24.3 Å². The zero-order chi connectivity index (χ0) is 18.2. The third-order valence-electron chi connectivity index (χ3n) is 5.41. The third kappa shape index (κ3) is 5.43. The van der Waals surface area contributed by atoms with Crippen molar-refractivity contribution < 1.29 is 14.3 Å². The molecule has 1 atom stereocenters. The van der Waals surface area contributed by atoms with Crippen molar-refractivity contribution in [2.24, 2.45) is 5.92 Å². The molecular weight excluding hydrogens is 330 g/mol. The van der Waals surface area contributed by atoms with Crippen LogP contribution in [0.4, 0.5) is 4.79 Å². The molecule has 0 saturated carbocycles. The maximum absolute atomic E-state index is 12.5. The largest absolute Gasteiger partial charge is 0.381 e. The highest BCUT2D eigenvalue weighted by Crippen LogP contribution is 2.17. The van der Waals surface area contributed by atoms with E-state index in [1.807, 2.05) is 35.2 Å². The summed E-state index contributed by atoms with van der Waals surface area (Å²) in [6.07, 6.45) is 2.21. The number of carbonyl (C=O) groups is 1. The van der Waals surface area contributed by atoms with Gasteiger partial charge in [-0.3, -0.25) is 4.90 Å². The van der Waals surface area contributed by atoms with E-state index in [0.29, 0.717) is 6.54 Å². The van der Waals surface area contributed by atoms with E-state index < -0.39 is 0 Å². The molecule has 1 unspecified atom stereocenters. The second-order valence-corrected chi connectivity index (χ2v) is 7.16. The number of carbonyl (C=O) groups excluding carboxylic acids is 1. The lowest BCUT2D eigenvalue weighted by Gasteiger charge is -2.37. The molecule has 2 amide bonds. The van der Waals surface area contributed by atoms with Crippen molar-refractivity contribution in [2.45, 2.75) is 18.9 Å². The van der Waals surface area contributed by atoms with Gasteiger partial charge in [-0.2, -0.15) is 0 Å². The lowest BCUT2D eigenvalue weighted by Crippen LogP contribution is -2.53. The second-order valence-electron chi connectivity index (χ2n) is 7.16. The number of piperazine rings is 1. The number of hydrogen-bond donors (Lipinski definition) is 1. The number of rotatable bonds is 6. The number of urea groups is 1. The fourth-order valence-corrected chi connectivity index (χ4v) is 3.72. The van der Waals surface area contributed by atoms with Crippen LogP contribution in [0.2, 0.25) is 0 Å². The monoisotopic (exact) mass is 361 g/mol. The Labute approximate surface area is 156 Å². The number of ether oxygens (including phenoxy) is 2. The van der Waals surface area contributed by atoms with E-state index in [9.17, 15) is 4.79 Å². The molecule has 0 aromatic heterocycles. The highest BCUT2D eigenvalue weighted by molar-refractivity contribution is 5.74. The van der Waals surface area contributed by atoms with Gasteiger partial charge in [0.25, 0.3) is 0 Å². The summed E-state index contributed by atoms with van der Waals surface area (Å²) >= 11 is 0. The van der Waals surface area contributed by atoms with Crippen molar-refractivity contribution in [3.63, 3.8) is 0 Å². The Morgan fingerprint density at radius 2 is 1.88 bits per heavy atom. The minimum Gasteiger partial charge on any atom is -0.381 e. The molecular formula is C20H31N3O3. The molecule has 2 fully saturated rings. The summed E-state index contributed by atoms with van der Waals surface area (Å²) in [6, 6.07) is 10.0. The van der Waals surface area contributed by atoms with Gasteiger partial charge in [-0.25, -0.2) is 4.79 Å². The second kappa shape index (κ2) is 9.90. The van der Waals surface area contributed by atoms with Crippen LogP contribution in [-0.2, 0) is 9.47 Å². The minimum absolute atomic E-state index is 0.00805. The highest BCUT2D eigenvalue weighted by Gasteiger charge is 2.24. The smallest absolute Gasteiger partial charge is 0.317 e. The summed E-state index contributed by atoms with van der Waals surface area (Å²) in [7, 11) is 1.68. The highest BCUT2D eigenvalue weighted by atomic mass is 16.5. The predicted octanol–water partition coefficient (Wildman–Crippen LogP) is 2.13. The average molecular weight is 361 g/mol. The van der Waals surface area contributed by atoms with Crippen molar-refractivity contribution in [1.29, 1.82) is 0 Å². The van der Waals surface area contributed by atoms with Gasteiger partial charge < -0.3 is 19.7 Å². The quantitative estimate of drug-likeness (QED) is 0.843. The molecule has 6 heteroatoms. The maximum Gasteiger partial charge on any atom is 0.317 e. The van der Waals surface area contributed by atoms with E-state index in [1.54, 1.807) is 7.11 Å². The fourth-order valence-electron chi connectivity index (χ4n) is 3.72. The van der Waals surface area contributed by atoms with Crippen molar-refractivity contribution >= 4 is 6.03 Å². The van der Waals surface area contributed by atoms with E-state index >= 15 is 0 Å². The first-order valence-electron chi connectivity index (χ1n) is 9.67. The Kier molecular flexibility index (Phi) is 7.29. The van der Waals surface area contributed by atoms with Gasteiger partial charge in [-0.1, -0.05) is 30.3 Å². The minimum atomic E-state index is -0.116. The molecule has 26 heavy (non-hydrogen) atoms. The first-order chi connectivity index (χ1) is 12.8. The lowest BCUT2D eigenvalue weighted by molar-refractivity contribution is 0.0449. The Morgan fingerprint density at radius 1 is 1.19 bits per heavy atom. The van der Waals surface area contributed by atoms with E-state index in [0.717, 1.165) is 57.4 Å². The molecule has 144 valence electrons. The van der Waals surface area contributed by atoms with Gasteiger partial charge in [-0.15, -0.1) is 0 Å². The van der Waals surface area contributed by atoms with Crippen LogP contribution in [0.5, 0.6) is 0 Å². The summed E-state index contributed by atoms with van der Waals surface area (Å²) in [5.74, 6) is 0.748. The van der Waals surface area contributed by atoms with Gasteiger partial charge in [0.1, 0.15) is 0 Å². The van der Waals surface area contributed by atoms with Crippen LogP contribution >= 0.6 is 0 Å². The van der Waals surface area contributed by atoms with Gasteiger partial charge in [0.05, 0.1) is 6.10 Å². The molecule has 0 aliphatic carbocycles. The van der Waals surface area contributed by atoms with Crippen LogP contribution in [0.3, 0.4) is 0 Å². The number of amides is 2. The molecule has 1 N–H and O–H groups in total. The van der Waals surface area contributed by atoms with Gasteiger partial charge in [0.2, 0.25) is 0 Å². The van der Waals surface area contributed by atoms with Crippen LogP contribution in [0.25, 0.3) is 0 Å². The topological polar surface area (TPSA) is 54.0 Å². The molecule has 1 aromatic carbocycles. The Balaban J connectivity index is 1.39. The van der Waals surface area contributed by atoms with Crippen LogP contribution in [0.1, 0.15) is 24.5 Å². The van der Waals surface area contributed by atoms with E-state index in [-0.39, 0.29) is 12.1 Å². The molecule has 0 radical (unpaired) electrons. The van der Waals surface area contributed by atoms with Crippen molar-refractivity contribution in [2.75, 3.05) is 59.6 Å². The first-order valence-corrected chi connectivity index (χ1v) is 9.67. The number of hydrogen-bond acceptors (Lipinski definition) is 4. The molecule has 2 heterocycles. The van der Waals surface area contributed by atoms with Crippen LogP contribution in [0.15, 0.2) is 30.3 Å². The van der Waals surface area contributed by atoms with Crippen LogP contribution < -0.4 is 5.32 Å². The average Bonchev–Trinajstić information content (AvgIpc) is 2.70. The van der Waals surface area contributed by atoms with E-state index in [1.165, 1.54) is 12.8 Å². The Morgan fingerprint density at radius 3 is 2.54 bits per heavy atom. The summed E-state index contributed by atoms with van der Waals surface area (Å²) in [5, 5.41) is 3.03. The van der Waals surface area contributed by atoms with Crippen molar-refractivity contribution in [3.8, 4) is 0 Å². The van der Waals surface area contributed by atoms with E-state index in [4.69, 9.17) is 9.47 Å². The summed E-state index contributed by atoms with van der Waals surface area (Å²) in [5.41, 5.74) is 1.08. The Bertz CT molecular complexity index is 540. The third-order valence-corrected chi connectivity index (χ3v) is 5.41. The van der Waals surface area contributed by atoms with E-state index in [2.05, 4.69) is 10.2 Å². The summed E-state index contributed by atoms with van der Waals surface area (Å²) < 4.78 is 11.0. The molecule has 2 aliphatic heterocycles. The summed E-state index contributed by atoms with van der Waals surface area (Å²) in [4.78, 5) is 16.9. The first kappa shape index (κ1) is 19.1. The number of benzene rings is 1. The normalized spacial score (nSPS) is 20.7. The van der Waals surface area contributed by atoms with Crippen LogP contribution in [-0.4, -0.2) is 75.4 Å². The molecule has 3 rings (SSSR count). The fraction of sp³-hybridized carbons (Fsp3) is 0.650. The standard InChI is InChI=1S/C20H31N3O3/c1-25-19(18-5-3-2-4-6-18)15-21-20(24)23-11-9-22(10-12-23)16-17-7-13-26-14-8-17/h2-6,17,19H,7-16H2,1H3,(H,21,24). The summed E-state index contributed by atoms with van der Waals surface area (Å²) in [6.45, 7) is 6.91. The maximum atomic E-state index is 12.5.